The largest absolute Gasteiger partial charge is 0.330 e. The Labute approximate surface area is 120 Å². The van der Waals surface area contributed by atoms with E-state index in [1.807, 2.05) is 6.07 Å². The van der Waals surface area contributed by atoms with Crippen LogP contribution in [0.4, 0.5) is 0 Å². The summed E-state index contributed by atoms with van der Waals surface area (Å²) in [6, 6.07) is 13.2. The number of nitrogens with two attached hydrogens (primary N) is 1. The van der Waals surface area contributed by atoms with Gasteiger partial charge in [-0.3, -0.25) is 9.88 Å². The number of benzene rings is 1. The predicted octanol–water partition coefficient (Wildman–Crippen LogP) is 2.79. The molecule has 0 amide bonds. The number of aromatic nitrogens is 1. The van der Waals surface area contributed by atoms with Crippen LogP contribution in [0.2, 0.25) is 0 Å². The molecule has 1 saturated carbocycles. The van der Waals surface area contributed by atoms with Gasteiger partial charge in [-0.1, -0.05) is 30.7 Å². The van der Waals surface area contributed by atoms with Gasteiger partial charge in [-0.2, -0.15) is 0 Å². The molecule has 0 saturated heterocycles. The molecular weight excluding hydrogens is 246 g/mol. The fraction of sp³-hybridized carbons (Fsp3) is 0.471. The standard InChI is InChI=1S/C17H23N3/c1-20(17-8-4-6-14(17)11-18)12-15-10-9-13-5-2-3-7-16(13)19-15/h2-3,5,7,9-10,14,17H,4,6,8,11-12,18H2,1H3. The Bertz CT molecular complexity index is 581. The highest BCUT2D eigenvalue weighted by molar-refractivity contribution is 5.78. The fourth-order valence-electron chi connectivity index (χ4n) is 3.44. The second kappa shape index (κ2) is 5.90. The third kappa shape index (κ3) is 2.69. The zero-order valence-corrected chi connectivity index (χ0v) is 12.1. The molecule has 3 heteroatoms. The molecule has 1 aliphatic rings. The van der Waals surface area contributed by atoms with Gasteiger partial charge in [-0.15, -0.1) is 0 Å². The van der Waals surface area contributed by atoms with Crippen molar-refractivity contribution >= 4 is 10.9 Å². The summed E-state index contributed by atoms with van der Waals surface area (Å²) in [6.07, 6.45) is 3.85. The van der Waals surface area contributed by atoms with Crippen LogP contribution in [0.15, 0.2) is 36.4 Å². The van der Waals surface area contributed by atoms with E-state index >= 15 is 0 Å². The minimum atomic E-state index is 0.619. The highest BCUT2D eigenvalue weighted by Gasteiger charge is 2.29. The van der Waals surface area contributed by atoms with Crippen molar-refractivity contribution in [3.8, 4) is 0 Å². The molecule has 20 heavy (non-hydrogen) atoms. The lowest BCUT2D eigenvalue weighted by molar-refractivity contribution is 0.191. The lowest BCUT2D eigenvalue weighted by Crippen LogP contribution is -2.37. The first-order valence-corrected chi connectivity index (χ1v) is 7.53. The molecule has 0 bridgehead atoms. The molecular formula is C17H23N3. The first-order valence-electron chi connectivity index (χ1n) is 7.53. The summed E-state index contributed by atoms with van der Waals surface area (Å²) >= 11 is 0. The van der Waals surface area contributed by atoms with E-state index in [0.717, 1.165) is 24.3 Å². The molecule has 2 N–H and O–H groups in total. The average molecular weight is 269 g/mol. The number of rotatable bonds is 4. The van der Waals surface area contributed by atoms with E-state index in [1.165, 1.54) is 24.6 Å². The van der Waals surface area contributed by atoms with Gasteiger partial charge in [-0.05, 0) is 44.5 Å². The number of nitrogens with zero attached hydrogens (tertiary/aromatic N) is 2. The molecule has 0 aliphatic heterocycles. The van der Waals surface area contributed by atoms with E-state index in [9.17, 15) is 0 Å². The maximum atomic E-state index is 5.89. The second-order valence-corrected chi connectivity index (χ2v) is 5.90. The minimum Gasteiger partial charge on any atom is -0.330 e. The van der Waals surface area contributed by atoms with Crippen LogP contribution in [0.3, 0.4) is 0 Å². The average Bonchev–Trinajstić information content (AvgIpc) is 2.95. The number of hydrogen-bond acceptors (Lipinski definition) is 3. The van der Waals surface area contributed by atoms with Crippen molar-refractivity contribution in [3.63, 3.8) is 0 Å². The van der Waals surface area contributed by atoms with Crippen LogP contribution in [0, 0.1) is 5.92 Å². The minimum absolute atomic E-state index is 0.619. The molecule has 106 valence electrons. The van der Waals surface area contributed by atoms with Crippen molar-refractivity contribution in [2.75, 3.05) is 13.6 Å². The van der Waals surface area contributed by atoms with Crippen LogP contribution >= 0.6 is 0 Å². The van der Waals surface area contributed by atoms with E-state index < -0.39 is 0 Å². The third-order valence-corrected chi connectivity index (χ3v) is 4.56. The fourth-order valence-corrected chi connectivity index (χ4v) is 3.44. The Balaban J connectivity index is 1.75. The monoisotopic (exact) mass is 269 g/mol. The summed E-state index contributed by atoms with van der Waals surface area (Å²) in [4.78, 5) is 7.20. The van der Waals surface area contributed by atoms with Crippen molar-refractivity contribution in [2.24, 2.45) is 11.7 Å². The number of para-hydroxylation sites is 1. The molecule has 1 fully saturated rings. The summed E-state index contributed by atoms with van der Waals surface area (Å²) in [6.45, 7) is 1.71. The molecule has 1 aliphatic carbocycles. The van der Waals surface area contributed by atoms with E-state index in [4.69, 9.17) is 10.7 Å². The Hall–Kier alpha value is -1.45. The van der Waals surface area contributed by atoms with Gasteiger partial charge < -0.3 is 5.73 Å². The second-order valence-electron chi connectivity index (χ2n) is 5.90. The summed E-state index contributed by atoms with van der Waals surface area (Å²) in [7, 11) is 2.20. The molecule has 0 radical (unpaired) electrons. The predicted molar refractivity (Wildman–Crippen MR) is 83.4 cm³/mol. The van der Waals surface area contributed by atoms with Crippen LogP contribution in [-0.4, -0.2) is 29.5 Å². The highest BCUT2D eigenvalue weighted by Crippen LogP contribution is 2.29. The topological polar surface area (TPSA) is 42.2 Å². The van der Waals surface area contributed by atoms with E-state index in [0.29, 0.717) is 12.0 Å². The van der Waals surface area contributed by atoms with E-state index in [-0.39, 0.29) is 0 Å². The van der Waals surface area contributed by atoms with Crippen molar-refractivity contribution in [1.29, 1.82) is 0 Å². The molecule has 3 rings (SSSR count). The Morgan fingerprint density at radius 2 is 2.05 bits per heavy atom. The molecule has 2 aromatic rings. The third-order valence-electron chi connectivity index (χ3n) is 4.56. The summed E-state index contributed by atoms with van der Waals surface area (Å²) in [5.74, 6) is 0.653. The summed E-state index contributed by atoms with van der Waals surface area (Å²) < 4.78 is 0. The normalized spacial score (nSPS) is 22.8. The lowest BCUT2D eigenvalue weighted by atomic mass is 10.0. The molecule has 0 spiro atoms. The Morgan fingerprint density at radius 3 is 2.90 bits per heavy atom. The van der Waals surface area contributed by atoms with Gasteiger partial charge in [0.2, 0.25) is 0 Å². The molecule has 1 aromatic heterocycles. The quantitative estimate of drug-likeness (QED) is 0.928. The molecule has 3 nitrogen and oxygen atoms in total. The first-order chi connectivity index (χ1) is 9.78. The maximum absolute atomic E-state index is 5.89. The molecule has 1 heterocycles. The molecule has 1 aromatic carbocycles. The highest BCUT2D eigenvalue weighted by atomic mass is 15.1. The summed E-state index contributed by atoms with van der Waals surface area (Å²) in [5, 5.41) is 1.21. The lowest BCUT2D eigenvalue weighted by Gasteiger charge is -2.28. The van der Waals surface area contributed by atoms with Crippen molar-refractivity contribution in [2.45, 2.75) is 31.8 Å². The van der Waals surface area contributed by atoms with Gasteiger partial charge in [0.05, 0.1) is 11.2 Å². The van der Waals surface area contributed by atoms with Crippen molar-refractivity contribution in [1.82, 2.24) is 9.88 Å². The maximum Gasteiger partial charge on any atom is 0.0705 e. The molecule has 2 unspecified atom stereocenters. The smallest absolute Gasteiger partial charge is 0.0705 e. The van der Waals surface area contributed by atoms with Gasteiger partial charge in [0.15, 0.2) is 0 Å². The van der Waals surface area contributed by atoms with E-state index in [2.05, 4.69) is 42.3 Å². The van der Waals surface area contributed by atoms with Gasteiger partial charge in [0.25, 0.3) is 0 Å². The van der Waals surface area contributed by atoms with Gasteiger partial charge in [0, 0.05) is 18.0 Å². The van der Waals surface area contributed by atoms with Crippen LogP contribution in [0.25, 0.3) is 10.9 Å². The van der Waals surface area contributed by atoms with Gasteiger partial charge in [0.1, 0.15) is 0 Å². The number of fused-ring (bicyclic) bond motifs is 1. The van der Waals surface area contributed by atoms with Crippen LogP contribution < -0.4 is 5.73 Å². The van der Waals surface area contributed by atoms with Crippen molar-refractivity contribution in [3.05, 3.63) is 42.1 Å². The van der Waals surface area contributed by atoms with Gasteiger partial charge in [-0.25, -0.2) is 0 Å². The zero-order valence-electron chi connectivity index (χ0n) is 12.1. The number of hydrogen-bond donors (Lipinski definition) is 1. The number of pyridine rings is 1. The van der Waals surface area contributed by atoms with Gasteiger partial charge >= 0.3 is 0 Å². The summed E-state index contributed by atoms with van der Waals surface area (Å²) in [5.41, 5.74) is 8.12. The van der Waals surface area contributed by atoms with Crippen molar-refractivity contribution < 1.29 is 0 Å². The zero-order chi connectivity index (χ0) is 13.9. The Kier molecular flexibility index (Phi) is 3.99. The first kappa shape index (κ1) is 13.5. The van der Waals surface area contributed by atoms with Crippen LogP contribution in [-0.2, 0) is 6.54 Å². The Morgan fingerprint density at radius 1 is 1.20 bits per heavy atom. The van der Waals surface area contributed by atoms with Crippen LogP contribution in [0.1, 0.15) is 25.0 Å². The molecule has 2 atom stereocenters. The SMILES string of the molecule is CN(Cc1ccc2ccccc2n1)C1CCCC1CN. The van der Waals surface area contributed by atoms with E-state index in [1.54, 1.807) is 0 Å². The van der Waals surface area contributed by atoms with Crippen LogP contribution in [0.5, 0.6) is 0 Å².